The van der Waals surface area contributed by atoms with E-state index >= 15 is 0 Å². The second kappa shape index (κ2) is 6.37. The Balaban J connectivity index is 1.70. The van der Waals surface area contributed by atoms with Crippen molar-refractivity contribution in [2.75, 3.05) is 6.54 Å². The minimum absolute atomic E-state index is 0.0474. The Morgan fingerprint density at radius 2 is 2.12 bits per heavy atom. The van der Waals surface area contributed by atoms with Crippen molar-refractivity contribution >= 4 is 28.4 Å². The van der Waals surface area contributed by atoms with Gasteiger partial charge in [0, 0.05) is 17.6 Å². The van der Waals surface area contributed by atoms with Crippen LogP contribution >= 0.6 is 11.6 Å². The van der Waals surface area contributed by atoms with Gasteiger partial charge in [0.05, 0.1) is 46.7 Å². The summed E-state index contributed by atoms with van der Waals surface area (Å²) < 4.78 is 1.86. The number of aromatic nitrogens is 3. The molecule has 1 aromatic carbocycles. The van der Waals surface area contributed by atoms with E-state index < -0.39 is 6.10 Å². The zero-order valence-corrected chi connectivity index (χ0v) is 15.4. The van der Waals surface area contributed by atoms with Gasteiger partial charge in [0.2, 0.25) is 0 Å². The number of aliphatic hydroxyl groups is 1. The van der Waals surface area contributed by atoms with Crippen molar-refractivity contribution in [3.05, 3.63) is 58.0 Å². The number of aliphatic hydroxyl groups excluding tert-OH is 1. The molecule has 0 bridgehead atoms. The van der Waals surface area contributed by atoms with E-state index in [4.69, 9.17) is 11.6 Å². The molecule has 3 heterocycles. The van der Waals surface area contributed by atoms with Gasteiger partial charge in [-0.1, -0.05) is 23.7 Å². The normalized spacial score (nSPS) is 15.2. The molecule has 1 amide bonds. The van der Waals surface area contributed by atoms with Crippen LogP contribution in [0.1, 0.15) is 40.5 Å². The summed E-state index contributed by atoms with van der Waals surface area (Å²) in [4.78, 5) is 19.5. The van der Waals surface area contributed by atoms with Gasteiger partial charge < -0.3 is 10.0 Å². The third-order valence-electron chi connectivity index (χ3n) is 4.68. The predicted molar refractivity (Wildman–Crippen MR) is 99.1 cm³/mol. The van der Waals surface area contributed by atoms with Crippen LogP contribution in [-0.4, -0.2) is 37.2 Å². The molecule has 0 radical (unpaired) electrons. The standard InChI is InChI=1S/C19H19ClN4O2/c1-11-8-15(14-4-3-5-16(20)18(14)21-11)19(26)23-6-7-24-13(10-23)9-17(22-24)12(2)25/h3-5,8-9,12,25H,6-7,10H2,1-2H3/t12-/m1/s1. The fourth-order valence-electron chi connectivity index (χ4n) is 3.35. The molecule has 1 N–H and O–H groups in total. The first-order valence-electron chi connectivity index (χ1n) is 8.54. The number of amides is 1. The third kappa shape index (κ3) is 2.85. The molecule has 7 heteroatoms. The Bertz CT molecular complexity index is 1010. The van der Waals surface area contributed by atoms with E-state index in [9.17, 15) is 9.90 Å². The first-order chi connectivity index (χ1) is 12.4. The molecular weight excluding hydrogens is 352 g/mol. The monoisotopic (exact) mass is 370 g/mol. The molecule has 1 atom stereocenters. The summed E-state index contributed by atoms with van der Waals surface area (Å²) in [7, 11) is 0. The molecule has 6 nitrogen and oxygen atoms in total. The number of para-hydroxylation sites is 1. The molecule has 4 rings (SSSR count). The van der Waals surface area contributed by atoms with E-state index in [2.05, 4.69) is 10.1 Å². The molecule has 1 aliphatic heterocycles. The predicted octanol–water partition coefficient (Wildman–Crippen LogP) is 3.10. The maximum atomic E-state index is 13.2. The first-order valence-corrected chi connectivity index (χ1v) is 8.91. The lowest BCUT2D eigenvalue weighted by atomic mass is 10.1. The van der Waals surface area contributed by atoms with Gasteiger partial charge >= 0.3 is 0 Å². The minimum atomic E-state index is -0.619. The lowest BCUT2D eigenvalue weighted by Gasteiger charge is -2.28. The van der Waals surface area contributed by atoms with Crippen LogP contribution < -0.4 is 0 Å². The van der Waals surface area contributed by atoms with Crippen molar-refractivity contribution in [2.24, 2.45) is 0 Å². The van der Waals surface area contributed by atoms with Crippen molar-refractivity contribution in [2.45, 2.75) is 33.0 Å². The number of halogens is 1. The Morgan fingerprint density at radius 1 is 1.31 bits per heavy atom. The second-order valence-electron chi connectivity index (χ2n) is 6.63. The van der Waals surface area contributed by atoms with Gasteiger partial charge in [0.15, 0.2) is 0 Å². The topological polar surface area (TPSA) is 71.2 Å². The second-order valence-corrected chi connectivity index (χ2v) is 7.04. The van der Waals surface area contributed by atoms with E-state index in [-0.39, 0.29) is 5.91 Å². The molecule has 3 aromatic rings. The fraction of sp³-hybridized carbons (Fsp3) is 0.316. The fourth-order valence-corrected chi connectivity index (χ4v) is 3.57. The Morgan fingerprint density at radius 3 is 2.88 bits per heavy atom. The number of fused-ring (bicyclic) bond motifs is 2. The molecule has 0 saturated heterocycles. The summed E-state index contributed by atoms with van der Waals surface area (Å²) >= 11 is 6.27. The van der Waals surface area contributed by atoms with Crippen molar-refractivity contribution in [3.8, 4) is 0 Å². The van der Waals surface area contributed by atoms with Crippen LogP contribution in [0.5, 0.6) is 0 Å². The Kier molecular flexibility index (Phi) is 4.17. The number of hydrogen-bond donors (Lipinski definition) is 1. The summed E-state index contributed by atoms with van der Waals surface area (Å²) in [6.45, 7) is 5.18. The van der Waals surface area contributed by atoms with Crippen LogP contribution in [0.4, 0.5) is 0 Å². The summed E-state index contributed by atoms with van der Waals surface area (Å²) in [6, 6.07) is 9.16. The number of pyridine rings is 1. The highest BCUT2D eigenvalue weighted by Crippen LogP contribution is 2.27. The van der Waals surface area contributed by atoms with Gasteiger partial charge in [-0.15, -0.1) is 0 Å². The number of carbonyl (C=O) groups is 1. The van der Waals surface area contributed by atoms with Gasteiger partial charge in [-0.3, -0.25) is 14.5 Å². The average Bonchev–Trinajstić information content (AvgIpc) is 3.05. The van der Waals surface area contributed by atoms with Gasteiger partial charge in [0.25, 0.3) is 5.91 Å². The quantitative estimate of drug-likeness (QED) is 0.752. The molecule has 0 fully saturated rings. The van der Waals surface area contributed by atoms with E-state index in [0.29, 0.717) is 41.4 Å². The van der Waals surface area contributed by atoms with Crippen LogP contribution in [-0.2, 0) is 13.1 Å². The lowest BCUT2D eigenvalue weighted by Crippen LogP contribution is -2.38. The van der Waals surface area contributed by atoms with E-state index in [1.54, 1.807) is 17.9 Å². The lowest BCUT2D eigenvalue weighted by molar-refractivity contribution is 0.0707. The summed E-state index contributed by atoms with van der Waals surface area (Å²) in [5.74, 6) is -0.0474. The summed E-state index contributed by atoms with van der Waals surface area (Å²) in [5, 5.41) is 15.4. The number of benzene rings is 1. The number of carbonyl (C=O) groups excluding carboxylic acids is 1. The highest BCUT2D eigenvalue weighted by molar-refractivity contribution is 6.35. The van der Waals surface area contributed by atoms with Crippen molar-refractivity contribution < 1.29 is 9.90 Å². The Labute approximate surface area is 156 Å². The van der Waals surface area contributed by atoms with Crippen LogP contribution in [0.25, 0.3) is 10.9 Å². The maximum Gasteiger partial charge on any atom is 0.255 e. The smallest absolute Gasteiger partial charge is 0.255 e. The van der Waals surface area contributed by atoms with Crippen molar-refractivity contribution in [1.29, 1.82) is 0 Å². The highest BCUT2D eigenvalue weighted by Gasteiger charge is 2.25. The van der Waals surface area contributed by atoms with Crippen LogP contribution in [0, 0.1) is 6.92 Å². The summed E-state index contributed by atoms with van der Waals surface area (Å²) in [6.07, 6.45) is -0.619. The van der Waals surface area contributed by atoms with Crippen LogP contribution in [0.15, 0.2) is 30.3 Å². The molecule has 0 unspecified atom stereocenters. The van der Waals surface area contributed by atoms with Crippen LogP contribution in [0.2, 0.25) is 5.02 Å². The molecule has 2 aromatic heterocycles. The third-order valence-corrected chi connectivity index (χ3v) is 4.99. The molecular formula is C19H19ClN4O2. The van der Waals surface area contributed by atoms with E-state index in [1.165, 1.54) is 0 Å². The van der Waals surface area contributed by atoms with Crippen molar-refractivity contribution in [1.82, 2.24) is 19.7 Å². The zero-order valence-electron chi connectivity index (χ0n) is 14.6. The van der Waals surface area contributed by atoms with Crippen molar-refractivity contribution in [3.63, 3.8) is 0 Å². The van der Waals surface area contributed by atoms with Gasteiger partial charge in [0.1, 0.15) is 0 Å². The number of nitrogens with zero attached hydrogens (tertiary/aromatic N) is 4. The number of hydrogen-bond acceptors (Lipinski definition) is 4. The van der Waals surface area contributed by atoms with Crippen LogP contribution in [0.3, 0.4) is 0 Å². The highest BCUT2D eigenvalue weighted by atomic mass is 35.5. The van der Waals surface area contributed by atoms with Gasteiger partial charge in [-0.05, 0) is 32.0 Å². The molecule has 0 saturated carbocycles. The maximum absolute atomic E-state index is 13.2. The largest absolute Gasteiger partial charge is 0.387 e. The number of aryl methyl sites for hydroxylation is 1. The molecule has 26 heavy (non-hydrogen) atoms. The summed E-state index contributed by atoms with van der Waals surface area (Å²) in [5.41, 5.74) is 3.57. The molecule has 0 aliphatic carbocycles. The van der Waals surface area contributed by atoms with Gasteiger partial charge in [-0.25, -0.2) is 0 Å². The minimum Gasteiger partial charge on any atom is -0.387 e. The van der Waals surface area contributed by atoms with Gasteiger partial charge in [-0.2, -0.15) is 5.10 Å². The zero-order chi connectivity index (χ0) is 18.4. The van der Waals surface area contributed by atoms with E-state index in [0.717, 1.165) is 16.8 Å². The molecule has 0 spiro atoms. The SMILES string of the molecule is Cc1cc(C(=O)N2CCn3nc([C@@H](C)O)cc3C2)c2cccc(Cl)c2n1. The first kappa shape index (κ1) is 17.0. The molecule has 134 valence electrons. The Hall–Kier alpha value is -2.44. The van der Waals surface area contributed by atoms with E-state index in [1.807, 2.05) is 35.9 Å². The molecule has 1 aliphatic rings. The number of rotatable bonds is 2. The average molecular weight is 371 g/mol.